The van der Waals surface area contributed by atoms with Crippen LogP contribution >= 0.6 is 11.3 Å². The Morgan fingerprint density at radius 3 is 2.38 bits per heavy atom. The summed E-state index contributed by atoms with van der Waals surface area (Å²) < 4.78 is 4.69. The van der Waals surface area contributed by atoms with Gasteiger partial charge < -0.3 is 10.1 Å². The molecule has 0 fully saturated rings. The van der Waals surface area contributed by atoms with E-state index in [2.05, 4.69) is 43.0 Å². The first-order chi connectivity index (χ1) is 11.3. The third-order valence-electron chi connectivity index (χ3n) is 3.50. The number of hydrogen-bond donors (Lipinski definition) is 1. The minimum atomic E-state index is -0.456. The van der Waals surface area contributed by atoms with E-state index in [1.54, 1.807) is 17.5 Å². The summed E-state index contributed by atoms with van der Waals surface area (Å²) >= 11 is 1.23. The van der Waals surface area contributed by atoms with Crippen molar-refractivity contribution in [3.8, 4) is 0 Å². The normalized spacial score (nSPS) is 11.5. The Morgan fingerprint density at radius 1 is 1.12 bits per heavy atom. The number of carbonyl (C=O) groups excluding carboxylic acids is 2. The first-order valence-electron chi connectivity index (χ1n) is 7.56. The van der Waals surface area contributed by atoms with Gasteiger partial charge in [-0.05, 0) is 34.1 Å². The van der Waals surface area contributed by atoms with Crippen molar-refractivity contribution in [1.82, 2.24) is 0 Å². The van der Waals surface area contributed by atoms with Gasteiger partial charge in [0, 0.05) is 6.08 Å². The van der Waals surface area contributed by atoms with Gasteiger partial charge in [-0.2, -0.15) is 0 Å². The average molecular weight is 343 g/mol. The lowest BCUT2D eigenvalue weighted by Crippen LogP contribution is -2.11. The second-order valence-corrected chi connectivity index (χ2v) is 7.27. The molecule has 2 rings (SSSR count). The predicted molar refractivity (Wildman–Crippen MR) is 98.5 cm³/mol. The SMILES string of the molecule is COC(=O)c1sccc1NC(=O)C=Cc1ccc(C(C)(C)C)cc1. The molecule has 0 aliphatic carbocycles. The number of hydrogen-bond acceptors (Lipinski definition) is 4. The van der Waals surface area contributed by atoms with Gasteiger partial charge in [0.2, 0.25) is 5.91 Å². The molecule has 0 saturated carbocycles. The number of benzene rings is 1. The Hall–Kier alpha value is -2.40. The van der Waals surface area contributed by atoms with Crippen LogP contribution in [-0.4, -0.2) is 19.0 Å². The number of nitrogens with one attached hydrogen (secondary N) is 1. The summed E-state index contributed by atoms with van der Waals surface area (Å²) in [4.78, 5) is 24.0. The molecule has 2 aromatic rings. The second-order valence-electron chi connectivity index (χ2n) is 6.35. The van der Waals surface area contributed by atoms with E-state index in [9.17, 15) is 9.59 Å². The van der Waals surface area contributed by atoms with Crippen molar-refractivity contribution in [2.75, 3.05) is 12.4 Å². The summed E-state index contributed by atoms with van der Waals surface area (Å²) in [5, 5.41) is 4.43. The lowest BCUT2D eigenvalue weighted by molar-refractivity contribution is -0.111. The molecular weight excluding hydrogens is 322 g/mol. The monoisotopic (exact) mass is 343 g/mol. The molecule has 4 nitrogen and oxygen atoms in total. The van der Waals surface area contributed by atoms with Gasteiger partial charge in [0.15, 0.2) is 0 Å². The van der Waals surface area contributed by atoms with E-state index in [0.29, 0.717) is 10.6 Å². The van der Waals surface area contributed by atoms with Crippen molar-refractivity contribution >= 4 is 35.0 Å². The predicted octanol–water partition coefficient (Wildman–Crippen LogP) is 4.48. The van der Waals surface area contributed by atoms with Crippen LogP contribution in [0.15, 0.2) is 41.8 Å². The molecular formula is C19H21NO3S. The van der Waals surface area contributed by atoms with Crippen LogP contribution in [0.5, 0.6) is 0 Å². The molecule has 1 aromatic heterocycles. The number of anilines is 1. The fourth-order valence-electron chi connectivity index (χ4n) is 2.10. The van der Waals surface area contributed by atoms with Gasteiger partial charge in [-0.1, -0.05) is 45.0 Å². The van der Waals surface area contributed by atoms with Crippen molar-refractivity contribution in [3.63, 3.8) is 0 Å². The van der Waals surface area contributed by atoms with E-state index in [1.807, 2.05) is 12.1 Å². The maximum atomic E-state index is 12.0. The van der Waals surface area contributed by atoms with Crippen LogP contribution in [0.1, 0.15) is 41.6 Å². The summed E-state index contributed by atoms with van der Waals surface area (Å²) in [7, 11) is 1.31. The van der Waals surface area contributed by atoms with Crippen molar-refractivity contribution in [2.24, 2.45) is 0 Å². The zero-order valence-electron chi connectivity index (χ0n) is 14.3. The Bertz CT molecular complexity index is 752. The highest BCUT2D eigenvalue weighted by atomic mass is 32.1. The van der Waals surface area contributed by atoms with Gasteiger partial charge in [0.1, 0.15) is 4.88 Å². The van der Waals surface area contributed by atoms with Crippen LogP contribution in [-0.2, 0) is 14.9 Å². The van der Waals surface area contributed by atoms with Crippen LogP contribution < -0.4 is 5.32 Å². The van der Waals surface area contributed by atoms with Crippen molar-refractivity contribution in [2.45, 2.75) is 26.2 Å². The molecule has 1 amide bonds. The second kappa shape index (κ2) is 7.45. The largest absolute Gasteiger partial charge is 0.465 e. The number of rotatable bonds is 4. The van der Waals surface area contributed by atoms with E-state index in [4.69, 9.17) is 0 Å². The Labute approximate surface area is 146 Å². The van der Waals surface area contributed by atoms with E-state index in [-0.39, 0.29) is 11.3 Å². The van der Waals surface area contributed by atoms with Crippen LogP contribution in [0.4, 0.5) is 5.69 Å². The molecule has 0 aliphatic heterocycles. The summed E-state index contributed by atoms with van der Waals surface area (Å²) in [6.45, 7) is 6.47. The average Bonchev–Trinajstić information content (AvgIpc) is 3.00. The molecule has 0 unspecified atom stereocenters. The molecule has 0 spiro atoms. The molecule has 0 aliphatic rings. The van der Waals surface area contributed by atoms with Crippen molar-refractivity contribution < 1.29 is 14.3 Å². The Kier molecular flexibility index (Phi) is 5.57. The van der Waals surface area contributed by atoms with Crippen molar-refractivity contribution in [1.29, 1.82) is 0 Å². The van der Waals surface area contributed by atoms with Gasteiger partial charge in [-0.3, -0.25) is 4.79 Å². The number of amides is 1. The fraction of sp³-hybridized carbons (Fsp3) is 0.263. The fourth-order valence-corrected chi connectivity index (χ4v) is 2.86. The summed E-state index contributed by atoms with van der Waals surface area (Å²) in [6.07, 6.45) is 3.19. The van der Waals surface area contributed by atoms with Gasteiger partial charge in [-0.15, -0.1) is 11.3 Å². The highest BCUT2D eigenvalue weighted by molar-refractivity contribution is 7.12. The molecule has 0 atom stereocenters. The molecule has 1 aromatic carbocycles. The van der Waals surface area contributed by atoms with Crippen LogP contribution in [0.3, 0.4) is 0 Å². The first-order valence-corrected chi connectivity index (χ1v) is 8.44. The molecule has 0 bridgehead atoms. The first kappa shape index (κ1) is 17.9. The van der Waals surface area contributed by atoms with Crippen LogP contribution in [0, 0.1) is 0 Å². The Morgan fingerprint density at radius 2 is 1.79 bits per heavy atom. The minimum Gasteiger partial charge on any atom is -0.465 e. The van der Waals surface area contributed by atoms with Crippen LogP contribution in [0.25, 0.3) is 6.08 Å². The van der Waals surface area contributed by atoms with E-state index < -0.39 is 5.97 Å². The van der Waals surface area contributed by atoms with Crippen LogP contribution in [0.2, 0.25) is 0 Å². The van der Waals surface area contributed by atoms with Gasteiger partial charge in [0.25, 0.3) is 0 Å². The number of methoxy groups -OCH3 is 1. The number of esters is 1. The number of ether oxygens (including phenoxy) is 1. The minimum absolute atomic E-state index is 0.100. The van der Waals surface area contributed by atoms with E-state index >= 15 is 0 Å². The molecule has 0 radical (unpaired) electrons. The zero-order valence-corrected chi connectivity index (χ0v) is 15.1. The summed E-state index contributed by atoms with van der Waals surface area (Å²) in [5.41, 5.74) is 2.74. The molecule has 24 heavy (non-hydrogen) atoms. The quantitative estimate of drug-likeness (QED) is 0.657. The maximum Gasteiger partial charge on any atom is 0.350 e. The zero-order chi connectivity index (χ0) is 17.7. The van der Waals surface area contributed by atoms with Crippen molar-refractivity contribution in [3.05, 3.63) is 57.8 Å². The number of carbonyl (C=O) groups is 2. The van der Waals surface area contributed by atoms with E-state index in [1.165, 1.54) is 30.1 Å². The molecule has 1 N–H and O–H groups in total. The van der Waals surface area contributed by atoms with E-state index in [0.717, 1.165) is 5.56 Å². The topological polar surface area (TPSA) is 55.4 Å². The molecule has 126 valence electrons. The number of thiophene rings is 1. The molecule has 5 heteroatoms. The summed E-state index contributed by atoms with van der Waals surface area (Å²) in [6, 6.07) is 9.77. The maximum absolute atomic E-state index is 12.0. The third kappa shape index (κ3) is 4.55. The molecule has 1 heterocycles. The van der Waals surface area contributed by atoms with Gasteiger partial charge in [0.05, 0.1) is 12.8 Å². The van der Waals surface area contributed by atoms with Gasteiger partial charge >= 0.3 is 5.97 Å². The standard InChI is InChI=1S/C19H21NO3S/c1-19(2,3)14-8-5-13(6-9-14)7-10-16(21)20-15-11-12-24-17(15)18(22)23-4/h5-12H,1-4H3,(H,20,21). The highest BCUT2D eigenvalue weighted by Crippen LogP contribution is 2.24. The Balaban J connectivity index is 2.03. The summed E-state index contributed by atoms with van der Waals surface area (Å²) in [5.74, 6) is -0.750. The lowest BCUT2D eigenvalue weighted by Gasteiger charge is -2.18. The highest BCUT2D eigenvalue weighted by Gasteiger charge is 2.15. The third-order valence-corrected chi connectivity index (χ3v) is 4.39. The lowest BCUT2D eigenvalue weighted by atomic mass is 9.87. The molecule has 0 saturated heterocycles. The van der Waals surface area contributed by atoms with Gasteiger partial charge in [-0.25, -0.2) is 4.79 Å². The smallest absolute Gasteiger partial charge is 0.350 e.